The molecule has 0 radical (unpaired) electrons. The van der Waals surface area contributed by atoms with Crippen LogP contribution < -0.4 is 33.6 Å². The number of aryl methyl sites for hydroxylation is 1. The summed E-state index contributed by atoms with van der Waals surface area (Å²) in [6.07, 6.45) is 7.34. The number of hydrogen-bond donors (Lipinski definition) is 0. The van der Waals surface area contributed by atoms with Crippen molar-refractivity contribution < 1.29 is 42.8 Å². The predicted molar refractivity (Wildman–Crippen MR) is 297 cm³/mol. The molecule has 2 atom stereocenters. The van der Waals surface area contributed by atoms with Gasteiger partial charge in [0.25, 0.3) is 11.8 Å². The third-order valence-electron chi connectivity index (χ3n) is 13.8. The second kappa shape index (κ2) is 24.1. The standard InChI is InChI=1S/C59H68N4O9S2/c1-7-21-69-23-24-70-22-20-61(38-59(3,4)74-73-25-12-13-39(2)64)46-27-40(36-71-55-31-42-18-19-45-29-43-14-8-10-16-51(43)62(45)57(65)48(42)32-53(55)67-5)26-41(28-46)37-72-56-34-50-49(33-54(56)68-6)58(66)63-47(35-60-50)30-44-15-9-11-17-52(44)63/h8-11,14-17,26-28,31-35,45,47H,7,12-13,18-25,29-30,36-38H2,1-6H3/t45-,47+/m1/s1. The summed E-state index contributed by atoms with van der Waals surface area (Å²) in [4.78, 5) is 51.2. The number of benzene rings is 5. The number of aliphatic imine (C=N–C) groups is 1. The first-order chi connectivity index (χ1) is 35.9. The zero-order valence-electron chi connectivity index (χ0n) is 43.5. The first kappa shape index (κ1) is 52.8. The van der Waals surface area contributed by atoms with E-state index in [1.807, 2.05) is 75.3 Å². The van der Waals surface area contributed by atoms with E-state index in [0.717, 1.165) is 77.2 Å². The normalized spacial score (nSPS) is 16.4. The Morgan fingerprint density at radius 1 is 0.743 bits per heavy atom. The molecule has 0 fully saturated rings. The van der Waals surface area contributed by atoms with E-state index < -0.39 is 0 Å². The Bertz CT molecular complexity index is 2870. The number of Topliss-reactive ketones (excluding diaryl/α,β-unsaturated/α-hetero) is 1. The predicted octanol–water partition coefficient (Wildman–Crippen LogP) is 11.4. The molecule has 74 heavy (non-hydrogen) atoms. The van der Waals surface area contributed by atoms with Gasteiger partial charge < -0.3 is 43.0 Å². The Kier molecular flexibility index (Phi) is 17.2. The molecule has 2 amide bonds. The maximum Gasteiger partial charge on any atom is 0.261 e. The third kappa shape index (κ3) is 12.2. The molecule has 13 nitrogen and oxygen atoms in total. The number of fused-ring (bicyclic) bond motifs is 8. The molecule has 4 aliphatic heterocycles. The van der Waals surface area contributed by atoms with Crippen LogP contribution in [0.25, 0.3) is 0 Å². The summed E-state index contributed by atoms with van der Waals surface area (Å²) < 4.78 is 36.9. The van der Waals surface area contributed by atoms with Gasteiger partial charge in [0.05, 0.1) is 51.3 Å². The molecular weight excluding hydrogens is 973 g/mol. The van der Waals surface area contributed by atoms with Crippen LogP contribution in [0.4, 0.5) is 22.7 Å². The number of nitrogens with zero attached hydrogens (tertiary/aromatic N) is 4. The lowest BCUT2D eigenvalue weighted by atomic mass is 9.99. The zero-order valence-corrected chi connectivity index (χ0v) is 45.1. The summed E-state index contributed by atoms with van der Waals surface area (Å²) in [6.45, 7) is 12.1. The molecule has 9 rings (SSSR count). The fourth-order valence-electron chi connectivity index (χ4n) is 10.3. The third-order valence-corrected chi connectivity index (χ3v) is 17.2. The SMILES string of the molecule is CCCOCCOCCN(CC(C)(C)SSCCCC(C)=O)c1cc(COc2cc3c(cc2OC)C(=O)N2c4ccccc4C[C@H]2CC3)cc(COc2cc3c(cc2OC)C(=O)N2c4ccccc4C[C@H]2C=N3)c1. The van der Waals surface area contributed by atoms with Crippen molar-refractivity contribution in [2.75, 3.05) is 74.2 Å². The Morgan fingerprint density at radius 2 is 1.38 bits per heavy atom. The number of ketones is 1. The van der Waals surface area contributed by atoms with Crippen LogP contribution in [0.3, 0.4) is 0 Å². The second-order valence-corrected chi connectivity index (χ2v) is 23.1. The van der Waals surface area contributed by atoms with Gasteiger partial charge in [-0.15, -0.1) is 0 Å². The molecule has 4 aliphatic rings. The number of ether oxygens (including phenoxy) is 6. The van der Waals surface area contributed by atoms with Crippen molar-refractivity contribution in [2.45, 2.75) is 103 Å². The molecule has 0 unspecified atom stereocenters. The lowest BCUT2D eigenvalue weighted by Gasteiger charge is -2.34. The number of hydrogen-bond acceptors (Lipinski definition) is 13. The van der Waals surface area contributed by atoms with Crippen molar-refractivity contribution in [1.82, 2.24) is 0 Å². The summed E-state index contributed by atoms with van der Waals surface area (Å²) in [7, 11) is 6.81. The van der Waals surface area contributed by atoms with Crippen LogP contribution in [-0.2, 0) is 46.7 Å². The summed E-state index contributed by atoms with van der Waals surface area (Å²) in [5, 5.41) is 0. The fraction of sp³-hybridized carbons (Fsp3) is 0.424. The van der Waals surface area contributed by atoms with Gasteiger partial charge in [-0.25, -0.2) is 0 Å². The van der Waals surface area contributed by atoms with Crippen LogP contribution in [0.5, 0.6) is 23.0 Å². The maximum absolute atomic E-state index is 14.3. The van der Waals surface area contributed by atoms with Gasteiger partial charge in [-0.2, -0.15) is 0 Å². The van der Waals surface area contributed by atoms with Crippen LogP contribution in [0.2, 0.25) is 0 Å². The highest BCUT2D eigenvalue weighted by atomic mass is 33.1. The van der Waals surface area contributed by atoms with Crippen molar-refractivity contribution in [3.63, 3.8) is 0 Å². The van der Waals surface area contributed by atoms with Gasteiger partial charge in [0.1, 0.15) is 19.0 Å². The average Bonchev–Trinajstić information content (AvgIpc) is 3.89. The molecule has 5 aromatic carbocycles. The Balaban J connectivity index is 1.01. The Morgan fingerprint density at radius 3 is 2.07 bits per heavy atom. The van der Waals surface area contributed by atoms with Gasteiger partial charge in [-0.1, -0.05) is 64.9 Å². The monoisotopic (exact) mass is 1040 g/mol. The van der Waals surface area contributed by atoms with Gasteiger partial charge in [-0.3, -0.25) is 19.5 Å². The Hall–Kier alpha value is -6.00. The van der Waals surface area contributed by atoms with Crippen LogP contribution in [0.1, 0.15) is 102 Å². The van der Waals surface area contributed by atoms with Gasteiger partial charge in [-0.05, 0) is 129 Å². The summed E-state index contributed by atoms with van der Waals surface area (Å²) in [5.41, 5.74) is 9.50. The highest BCUT2D eigenvalue weighted by Crippen LogP contribution is 2.44. The molecule has 5 aromatic rings. The first-order valence-corrected chi connectivity index (χ1v) is 28.1. The molecule has 0 aliphatic carbocycles. The molecule has 15 heteroatoms. The van der Waals surface area contributed by atoms with Crippen molar-refractivity contribution in [1.29, 1.82) is 0 Å². The molecule has 0 aromatic heterocycles. The van der Waals surface area contributed by atoms with Crippen molar-refractivity contribution in [3.8, 4) is 23.0 Å². The van der Waals surface area contributed by atoms with E-state index in [9.17, 15) is 14.4 Å². The topological polar surface area (TPSA) is 129 Å². The highest BCUT2D eigenvalue weighted by molar-refractivity contribution is 8.77. The van der Waals surface area contributed by atoms with E-state index in [1.54, 1.807) is 44.1 Å². The highest BCUT2D eigenvalue weighted by Gasteiger charge is 2.39. The number of rotatable bonds is 25. The van der Waals surface area contributed by atoms with Gasteiger partial charge in [0, 0.05) is 84.0 Å². The van der Waals surface area contributed by atoms with Gasteiger partial charge in [0.15, 0.2) is 23.0 Å². The van der Waals surface area contributed by atoms with Crippen molar-refractivity contribution >= 4 is 68.1 Å². The van der Waals surface area contributed by atoms with Crippen molar-refractivity contribution in [3.05, 3.63) is 130 Å². The fourth-order valence-corrected chi connectivity index (χ4v) is 12.9. The molecule has 390 valence electrons. The molecule has 4 heterocycles. The summed E-state index contributed by atoms with van der Waals surface area (Å²) in [5.74, 6) is 2.89. The molecule has 0 N–H and O–H groups in total. The number of amides is 2. The van der Waals surface area contributed by atoms with E-state index in [0.29, 0.717) is 92.2 Å². The largest absolute Gasteiger partial charge is 0.493 e. The quantitative estimate of drug-likeness (QED) is 0.0408. The lowest BCUT2D eigenvalue weighted by molar-refractivity contribution is -0.117. The maximum atomic E-state index is 14.3. The van der Waals surface area contributed by atoms with E-state index >= 15 is 0 Å². The number of methoxy groups -OCH3 is 2. The van der Waals surface area contributed by atoms with E-state index in [1.165, 1.54) is 5.56 Å². The molecule has 0 bridgehead atoms. The van der Waals surface area contributed by atoms with Crippen LogP contribution >= 0.6 is 21.6 Å². The minimum absolute atomic E-state index is 0.0154. The molecule has 0 saturated carbocycles. The number of anilines is 3. The van der Waals surface area contributed by atoms with Gasteiger partial charge >= 0.3 is 0 Å². The first-order valence-electron chi connectivity index (χ1n) is 25.8. The molecule has 0 saturated heterocycles. The summed E-state index contributed by atoms with van der Waals surface area (Å²) in [6, 6.07) is 29.8. The average molecular weight is 1040 g/mol. The smallest absolute Gasteiger partial charge is 0.261 e. The van der Waals surface area contributed by atoms with Crippen LogP contribution in [0.15, 0.2) is 96.0 Å². The minimum Gasteiger partial charge on any atom is -0.493 e. The molecule has 0 spiro atoms. The number of carbonyl (C=O) groups excluding carboxylic acids is 3. The van der Waals surface area contributed by atoms with Gasteiger partial charge in [0.2, 0.25) is 0 Å². The number of para-hydroxylation sites is 2. The Labute approximate surface area is 443 Å². The minimum atomic E-state index is -0.192. The van der Waals surface area contributed by atoms with Crippen LogP contribution in [-0.4, -0.2) is 100 Å². The lowest BCUT2D eigenvalue weighted by Crippen LogP contribution is -2.38. The number of carbonyl (C=O) groups is 3. The van der Waals surface area contributed by atoms with E-state index in [4.69, 9.17) is 33.4 Å². The molecular formula is C59H68N4O9S2. The van der Waals surface area contributed by atoms with Crippen LogP contribution in [0, 0.1) is 0 Å². The van der Waals surface area contributed by atoms with Crippen molar-refractivity contribution in [2.24, 2.45) is 4.99 Å². The summed E-state index contributed by atoms with van der Waals surface area (Å²) >= 11 is 0. The van der Waals surface area contributed by atoms with E-state index in [2.05, 4.69) is 56.0 Å². The van der Waals surface area contributed by atoms with E-state index in [-0.39, 0.29) is 47.6 Å². The second-order valence-electron chi connectivity index (χ2n) is 19.9. The zero-order chi connectivity index (χ0) is 51.8.